The summed E-state index contributed by atoms with van der Waals surface area (Å²) in [5, 5.41) is 3.43. The molecule has 0 aromatic heterocycles. The number of ether oxygens (including phenoxy) is 2. The van der Waals surface area contributed by atoms with Crippen LogP contribution >= 0.6 is 23.2 Å². The highest BCUT2D eigenvalue weighted by Crippen LogP contribution is 2.32. The van der Waals surface area contributed by atoms with Crippen LogP contribution in [0.4, 0.5) is 5.69 Å². The van der Waals surface area contributed by atoms with E-state index in [1.807, 2.05) is 0 Å². The molecule has 1 atom stereocenters. The summed E-state index contributed by atoms with van der Waals surface area (Å²) in [6.07, 6.45) is 0.995. The minimum Gasteiger partial charge on any atom is -0.493 e. The molecule has 36 heavy (non-hydrogen) atoms. The van der Waals surface area contributed by atoms with Gasteiger partial charge in [-0.05, 0) is 50.6 Å². The molecular formula is C24H31Cl2N3O6S. The lowest BCUT2D eigenvalue weighted by Crippen LogP contribution is -2.52. The molecule has 2 aromatic rings. The van der Waals surface area contributed by atoms with Crippen molar-refractivity contribution in [3.63, 3.8) is 0 Å². The first-order valence-electron chi connectivity index (χ1n) is 11.0. The third kappa shape index (κ3) is 7.65. The van der Waals surface area contributed by atoms with E-state index in [1.165, 1.54) is 31.3 Å². The number of rotatable bonds is 11. The highest BCUT2D eigenvalue weighted by atomic mass is 35.5. The Labute approximate surface area is 222 Å². The van der Waals surface area contributed by atoms with Gasteiger partial charge in [-0.2, -0.15) is 0 Å². The highest BCUT2D eigenvalue weighted by Gasteiger charge is 2.30. The summed E-state index contributed by atoms with van der Waals surface area (Å²) in [5.74, 6) is -0.266. The molecule has 0 aliphatic rings. The van der Waals surface area contributed by atoms with Gasteiger partial charge >= 0.3 is 0 Å². The number of nitrogens with zero attached hydrogens (tertiary/aromatic N) is 2. The second kappa shape index (κ2) is 12.5. The molecule has 2 rings (SSSR count). The quantitative estimate of drug-likeness (QED) is 0.449. The number of amides is 2. The predicted molar refractivity (Wildman–Crippen MR) is 141 cm³/mol. The second-order valence-electron chi connectivity index (χ2n) is 8.42. The van der Waals surface area contributed by atoms with Crippen molar-refractivity contribution in [1.29, 1.82) is 0 Å². The van der Waals surface area contributed by atoms with Crippen LogP contribution in [0.5, 0.6) is 11.5 Å². The number of sulfonamides is 1. The number of carbonyl (C=O) groups excluding carboxylic acids is 2. The van der Waals surface area contributed by atoms with E-state index in [0.717, 1.165) is 10.6 Å². The normalized spacial score (nSPS) is 12.1. The number of halogens is 2. The zero-order valence-electron chi connectivity index (χ0n) is 21.0. The number of anilines is 1. The van der Waals surface area contributed by atoms with Crippen LogP contribution in [0, 0.1) is 0 Å². The lowest BCUT2D eigenvalue weighted by atomic mass is 10.1. The van der Waals surface area contributed by atoms with Gasteiger partial charge in [0.25, 0.3) is 0 Å². The van der Waals surface area contributed by atoms with Gasteiger partial charge in [0.1, 0.15) is 12.6 Å². The molecule has 0 aliphatic carbocycles. The van der Waals surface area contributed by atoms with E-state index in [9.17, 15) is 18.0 Å². The van der Waals surface area contributed by atoms with E-state index in [-0.39, 0.29) is 24.2 Å². The number of methoxy groups -OCH3 is 2. The van der Waals surface area contributed by atoms with E-state index in [1.54, 1.807) is 45.0 Å². The fourth-order valence-corrected chi connectivity index (χ4v) is 4.58. The molecule has 9 nitrogen and oxygen atoms in total. The van der Waals surface area contributed by atoms with Gasteiger partial charge in [0, 0.05) is 18.7 Å². The molecule has 0 fully saturated rings. The monoisotopic (exact) mass is 559 g/mol. The van der Waals surface area contributed by atoms with Gasteiger partial charge in [0.15, 0.2) is 11.5 Å². The third-order valence-electron chi connectivity index (χ3n) is 5.27. The maximum Gasteiger partial charge on any atom is 0.244 e. The zero-order valence-corrected chi connectivity index (χ0v) is 23.4. The van der Waals surface area contributed by atoms with Gasteiger partial charge in [0.2, 0.25) is 21.8 Å². The van der Waals surface area contributed by atoms with Gasteiger partial charge < -0.3 is 19.7 Å². The molecule has 0 radical (unpaired) electrons. The van der Waals surface area contributed by atoms with Crippen molar-refractivity contribution in [3.8, 4) is 11.5 Å². The molecular weight excluding hydrogens is 529 g/mol. The summed E-state index contributed by atoms with van der Waals surface area (Å²) in [5.41, 5.74) is 0.830. The van der Waals surface area contributed by atoms with Crippen LogP contribution in [0.25, 0.3) is 0 Å². The Kier molecular flexibility index (Phi) is 10.3. The van der Waals surface area contributed by atoms with Gasteiger partial charge in [-0.25, -0.2) is 8.42 Å². The maximum absolute atomic E-state index is 13.6. The van der Waals surface area contributed by atoms with Gasteiger partial charge in [-0.15, -0.1) is 0 Å². The average molecular weight is 561 g/mol. The smallest absolute Gasteiger partial charge is 0.244 e. The van der Waals surface area contributed by atoms with Crippen molar-refractivity contribution in [1.82, 2.24) is 10.2 Å². The summed E-state index contributed by atoms with van der Waals surface area (Å²) < 4.78 is 36.9. The van der Waals surface area contributed by atoms with Crippen molar-refractivity contribution in [3.05, 3.63) is 52.0 Å². The minimum absolute atomic E-state index is 0.00589. The fourth-order valence-electron chi connectivity index (χ4n) is 3.42. The number of benzene rings is 2. The van der Waals surface area contributed by atoms with E-state index >= 15 is 0 Å². The molecule has 0 aliphatic heterocycles. The third-order valence-corrected chi connectivity index (χ3v) is 7.15. The molecule has 0 bridgehead atoms. The van der Waals surface area contributed by atoms with E-state index in [4.69, 9.17) is 32.7 Å². The van der Waals surface area contributed by atoms with Gasteiger partial charge in [-0.1, -0.05) is 29.3 Å². The minimum atomic E-state index is -3.89. The summed E-state index contributed by atoms with van der Waals surface area (Å²) in [6.45, 7) is 4.64. The first kappa shape index (κ1) is 29.5. The number of hydrogen-bond donors (Lipinski definition) is 1. The van der Waals surface area contributed by atoms with Crippen LogP contribution < -0.4 is 19.1 Å². The molecule has 2 aromatic carbocycles. The lowest BCUT2D eigenvalue weighted by molar-refractivity contribution is -0.139. The summed E-state index contributed by atoms with van der Waals surface area (Å²) in [7, 11) is -1.01. The SMILES string of the molecule is COc1ccc(N(CC(=O)N(Cc2ccc(Cl)c(Cl)c2)[C@@H](C)C(=O)NC(C)C)S(C)(=O)=O)cc1OC. The first-order valence-corrected chi connectivity index (χ1v) is 13.6. The first-order chi connectivity index (χ1) is 16.8. The Morgan fingerprint density at radius 2 is 1.61 bits per heavy atom. The van der Waals surface area contributed by atoms with E-state index in [0.29, 0.717) is 27.1 Å². The zero-order chi connectivity index (χ0) is 27.2. The van der Waals surface area contributed by atoms with Crippen molar-refractivity contribution < 1.29 is 27.5 Å². The molecule has 0 heterocycles. The Bertz CT molecular complexity index is 1210. The molecule has 1 N–H and O–H groups in total. The molecule has 2 amide bonds. The summed E-state index contributed by atoms with van der Waals surface area (Å²) in [4.78, 5) is 27.7. The highest BCUT2D eigenvalue weighted by molar-refractivity contribution is 7.92. The Hall–Kier alpha value is -2.69. The molecule has 12 heteroatoms. The largest absolute Gasteiger partial charge is 0.493 e. The van der Waals surface area contributed by atoms with Crippen molar-refractivity contribution in [2.24, 2.45) is 0 Å². The van der Waals surface area contributed by atoms with Crippen LogP contribution in [0.3, 0.4) is 0 Å². The molecule has 198 valence electrons. The van der Waals surface area contributed by atoms with Crippen molar-refractivity contribution in [2.45, 2.75) is 39.4 Å². The van der Waals surface area contributed by atoms with Crippen molar-refractivity contribution in [2.75, 3.05) is 31.3 Å². The van der Waals surface area contributed by atoms with Crippen LogP contribution in [0.1, 0.15) is 26.3 Å². The number of carbonyl (C=O) groups is 2. The van der Waals surface area contributed by atoms with Crippen molar-refractivity contribution >= 4 is 50.7 Å². The maximum atomic E-state index is 13.6. The average Bonchev–Trinajstić information content (AvgIpc) is 2.80. The topological polar surface area (TPSA) is 105 Å². The predicted octanol–water partition coefficient (Wildman–Crippen LogP) is 3.72. The lowest BCUT2D eigenvalue weighted by Gasteiger charge is -2.32. The second-order valence-corrected chi connectivity index (χ2v) is 11.1. The van der Waals surface area contributed by atoms with Crippen LogP contribution in [-0.2, 0) is 26.2 Å². The summed E-state index contributed by atoms with van der Waals surface area (Å²) in [6, 6.07) is 8.34. The Morgan fingerprint density at radius 1 is 0.972 bits per heavy atom. The standard InChI is InChI=1S/C24H31Cl2N3O6S/c1-15(2)27-24(31)16(3)28(13-17-7-9-19(25)20(26)11-17)23(30)14-29(36(6,32)33)18-8-10-21(34-4)22(12-18)35-5/h7-12,15-16H,13-14H2,1-6H3,(H,27,31)/t16-/m0/s1. The molecule has 0 saturated heterocycles. The fraction of sp³-hybridized carbons (Fsp3) is 0.417. The van der Waals surface area contributed by atoms with E-state index < -0.39 is 28.5 Å². The Morgan fingerprint density at radius 3 is 2.14 bits per heavy atom. The molecule has 0 saturated carbocycles. The van der Waals surface area contributed by atoms with Gasteiger partial charge in [-0.3, -0.25) is 13.9 Å². The molecule has 0 unspecified atom stereocenters. The van der Waals surface area contributed by atoms with Crippen LogP contribution in [0.15, 0.2) is 36.4 Å². The number of nitrogens with one attached hydrogen (secondary N) is 1. The number of hydrogen-bond acceptors (Lipinski definition) is 6. The van der Waals surface area contributed by atoms with Gasteiger partial charge in [0.05, 0.1) is 36.2 Å². The summed E-state index contributed by atoms with van der Waals surface area (Å²) >= 11 is 12.2. The van der Waals surface area contributed by atoms with Crippen LogP contribution in [0.2, 0.25) is 10.0 Å². The van der Waals surface area contributed by atoms with E-state index in [2.05, 4.69) is 5.32 Å². The van der Waals surface area contributed by atoms with Crippen LogP contribution in [-0.4, -0.2) is 64.2 Å². The molecule has 0 spiro atoms. The Balaban J connectivity index is 2.46.